The summed E-state index contributed by atoms with van der Waals surface area (Å²) in [5.41, 5.74) is 3.44. The molecule has 158 valence electrons. The van der Waals surface area contributed by atoms with Gasteiger partial charge in [-0.25, -0.2) is 0 Å². The Kier molecular flexibility index (Phi) is 7.70. The molecule has 0 unspecified atom stereocenters. The maximum absolute atomic E-state index is 13.2. The SMILES string of the molecule is CCCCCc1ccc(OC(F)(F)F)c(C2CCCCC2)c1C1CCCCC1. The average Bonchev–Trinajstić information content (AvgIpc) is 2.69. The Morgan fingerprint density at radius 3 is 1.93 bits per heavy atom. The molecular formula is C24H35F3O. The van der Waals surface area contributed by atoms with Gasteiger partial charge in [-0.1, -0.05) is 64.4 Å². The highest BCUT2D eigenvalue weighted by molar-refractivity contribution is 5.50. The van der Waals surface area contributed by atoms with E-state index in [-0.39, 0.29) is 11.7 Å². The molecule has 0 bridgehead atoms. The lowest BCUT2D eigenvalue weighted by atomic mass is 9.73. The molecule has 2 aliphatic rings. The normalized spacial score (nSPS) is 19.7. The molecule has 0 saturated heterocycles. The van der Waals surface area contributed by atoms with Crippen LogP contribution >= 0.6 is 0 Å². The summed E-state index contributed by atoms with van der Waals surface area (Å²) < 4.78 is 44.2. The van der Waals surface area contributed by atoms with Gasteiger partial charge < -0.3 is 4.74 Å². The van der Waals surface area contributed by atoms with Gasteiger partial charge in [-0.05, 0) is 67.6 Å². The van der Waals surface area contributed by atoms with E-state index in [1.165, 1.54) is 43.2 Å². The van der Waals surface area contributed by atoms with Crippen LogP contribution in [0, 0.1) is 0 Å². The van der Waals surface area contributed by atoms with Crippen LogP contribution in [-0.4, -0.2) is 6.36 Å². The Labute approximate surface area is 168 Å². The van der Waals surface area contributed by atoms with Crippen molar-refractivity contribution in [3.63, 3.8) is 0 Å². The minimum Gasteiger partial charge on any atom is -0.405 e. The second-order valence-corrected chi connectivity index (χ2v) is 8.72. The maximum Gasteiger partial charge on any atom is 0.573 e. The van der Waals surface area contributed by atoms with E-state index in [0.717, 1.165) is 63.4 Å². The number of benzene rings is 1. The van der Waals surface area contributed by atoms with Crippen LogP contribution in [0.25, 0.3) is 0 Å². The third-order valence-corrected chi connectivity index (χ3v) is 6.64. The van der Waals surface area contributed by atoms with Crippen LogP contribution in [0.3, 0.4) is 0 Å². The summed E-state index contributed by atoms with van der Waals surface area (Å²) in [7, 11) is 0. The first-order valence-corrected chi connectivity index (χ1v) is 11.4. The predicted molar refractivity (Wildman–Crippen MR) is 108 cm³/mol. The van der Waals surface area contributed by atoms with Gasteiger partial charge in [-0.2, -0.15) is 0 Å². The molecule has 0 amide bonds. The molecule has 0 aromatic heterocycles. The lowest BCUT2D eigenvalue weighted by Gasteiger charge is -2.33. The third kappa shape index (κ3) is 5.67. The molecule has 0 heterocycles. The van der Waals surface area contributed by atoms with Crippen molar-refractivity contribution in [2.45, 2.75) is 115 Å². The molecule has 1 nitrogen and oxygen atoms in total. The van der Waals surface area contributed by atoms with E-state index in [1.54, 1.807) is 6.07 Å². The third-order valence-electron chi connectivity index (χ3n) is 6.64. The van der Waals surface area contributed by atoms with Crippen LogP contribution in [0.15, 0.2) is 12.1 Å². The van der Waals surface area contributed by atoms with Crippen LogP contribution in [0.1, 0.15) is 119 Å². The predicted octanol–water partition coefficient (Wildman–Crippen LogP) is 8.41. The van der Waals surface area contributed by atoms with Crippen LogP contribution < -0.4 is 4.74 Å². The van der Waals surface area contributed by atoms with E-state index < -0.39 is 6.36 Å². The van der Waals surface area contributed by atoms with Crippen molar-refractivity contribution >= 4 is 0 Å². The van der Waals surface area contributed by atoms with Crippen molar-refractivity contribution in [1.82, 2.24) is 0 Å². The Morgan fingerprint density at radius 1 is 0.821 bits per heavy atom. The minimum absolute atomic E-state index is 0.0826. The fraction of sp³-hybridized carbons (Fsp3) is 0.750. The molecular weight excluding hydrogens is 361 g/mol. The van der Waals surface area contributed by atoms with Crippen molar-refractivity contribution in [2.24, 2.45) is 0 Å². The van der Waals surface area contributed by atoms with Crippen molar-refractivity contribution in [3.05, 3.63) is 28.8 Å². The number of halogens is 3. The zero-order valence-electron chi connectivity index (χ0n) is 17.3. The number of alkyl halides is 3. The molecule has 4 heteroatoms. The fourth-order valence-corrected chi connectivity index (χ4v) is 5.34. The standard InChI is InChI=1S/C24H35F3O/c1-2-3-6-11-20-16-17-21(28-24(25,26)27)23(19-14-9-5-10-15-19)22(20)18-12-7-4-8-13-18/h16-19H,2-15H2,1H3. The van der Waals surface area contributed by atoms with Gasteiger partial charge in [0.05, 0.1) is 0 Å². The average molecular weight is 397 g/mol. The topological polar surface area (TPSA) is 9.23 Å². The van der Waals surface area contributed by atoms with Gasteiger partial charge in [0.15, 0.2) is 0 Å². The Morgan fingerprint density at radius 2 is 1.39 bits per heavy atom. The smallest absolute Gasteiger partial charge is 0.405 e. The summed E-state index contributed by atoms with van der Waals surface area (Å²) in [5, 5.41) is 0. The second-order valence-electron chi connectivity index (χ2n) is 8.72. The van der Waals surface area contributed by atoms with Gasteiger partial charge in [-0.15, -0.1) is 13.2 Å². The maximum atomic E-state index is 13.2. The molecule has 0 aliphatic heterocycles. The number of unbranched alkanes of at least 4 members (excludes halogenated alkanes) is 2. The van der Waals surface area contributed by atoms with Gasteiger partial charge in [0.1, 0.15) is 5.75 Å². The lowest BCUT2D eigenvalue weighted by Crippen LogP contribution is -2.22. The molecule has 2 aliphatic carbocycles. The number of hydrogen-bond donors (Lipinski definition) is 0. The van der Waals surface area contributed by atoms with Gasteiger partial charge in [0, 0.05) is 5.56 Å². The zero-order valence-corrected chi connectivity index (χ0v) is 17.3. The molecule has 0 radical (unpaired) electrons. The monoisotopic (exact) mass is 396 g/mol. The van der Waals surface area contributed by atoms with Crippen molar-refractivity contribution in [2.75, 3.05) is 0 Å². The fourth-order valence-electron chi connectivity index (χ4n) is 5.34. The van der Waals surface area contributed by atoms with Crippen molar-refractivity contribution in [3.8, 4) is 5.75 Å². The van der Waals surface area contributed by atoms with E-state index in [0.29, 0.717) is 5.92 Å². The molecule has 0 N–H and O–H groups in total. The largest absolute Gasteiger partial charge is 0.573 e. The van der Waals surface area contributed by atoms with E-state index in [4.69, 9.17) is 0 Å². The van der Waals surface area contributed by atoms with E-state index >= 15 is 0 Å². The molecule has 1 aromatic carbocycles. The molecule has 0 atom stereocenters. The summed E-state index contributed by atoms with van der Waals surface area (Å²) in [4.78, 5) is 0. The summed E-state index contributed by atoms with van der Waals surface area (Å²) in [5.74, 6) is 0.701. The highest BCUT2D eigenvalue weighted by Gasteiger charge is 2.35. The molecule has 2 saturated carbocycles. The number of aryl methyl sites for hydroxylation is 1. The minimum atomic E-state index is -4.63. The highest BCUT2D eigenvalue weighted by Crippen LogP contribution is 2.47. The van der Waals surface area contributed by atoms with E-state index in [2.05, 4.69) is 11.7 Å². The van der Waals surface area contributed by atoms with Gasteiger partial charge >= 0.3 is 6.36 Å². The van der Waals surface area contributed by atoms with Crippen LogP contribution in [0.2, 0.25) is 0 Å². The molecule has 28 heavy (non-hydrogen) atoms. The Hall–Kier alpha value is -1.19. The van der Waals surface area contributed by atoms with Crippen LogP contribution in [0.5, 0.6) is 5.75 Å². The Balaban J connectivity index is 2.05. The summed E-state index contributed by atoms with van der Waals surface area (Å²) in [6, 6.07) is 3.55. The summed E-state index contributed by atoms with van der Waals surface area (Å²) >= 11 is 0. The molecule has 2 fully saturated rings. The van der Waals surface area contributed by atoms with Gasteiger partial charge in [0.25, 0.3) is 0 Å². The molecule has 0 spiro atoms. The Bertz CT molecular complexity index is 611. The number of hydrogen-bond acceptors (Lipinski definition) is 1. The first kappa shape index (κ1) is 21.5. The van der Waals surface area contributed by atoms with Gasteiger partial charge in [-0.3, -0.25) is 0 Å². The van der Waals surface area contributed by atoms with Crippen LogP contribution in [-0.2, 0) is 6.42 Å². The van der Waals surface area contributed by atoms with Gasteiger partial charge in [0.2, 0.25) is 0 Å². The molecule has 1 aromatic rings. The molecule has 3 rings (SSSR count). The number of rotatable bonds is 7. The summed E-state index contributed by atoms with van der Waals surface area (Å²) in [6.45, 7) is 2.19. The first-order valence-electron chi connectivity index (χ1n) is 11.4. The first-order chi connectivity index (χ1) is 13.5. The quantitative estimate of drug-likeness (QED) is 0.420. The van der Waals surface area contributed by atoms with Crippen molar-refractivity contribution < 1.29 is 17.9 Å². The van der Waals surface area contributed by atoms with Crippen LogP contribution in [0.4, 0.5) is 13.2 Å². The highest BCUT2D eigenvalue weighted by atomic mass is 19.4. The zero-order chi connectivity index (χ0) is 20.0. The number of ether oxygens (including phenoxy) is 1. The lowest BCUT2D eigenvalue weighted by molar-refractivity contribution is -0.275. The van der Waals surface area contributed by atoms with E-state index in [1.807, 2.05) is 6.07 Å². The summed E-state index contributed by atoms with van der Waals surface area (Å²) in [6.07, 6.45) is 11.0. The van der Waals surface area contributed by atoms with Crippen molar-refractivity contribution in [1.29, 1.82) is 0 Å². The van der Waals surface area contributed by atoms with E-state index in [9.17, 15) is 13.2 Å². The second kappa shape index (κ2) is 10.0.